The minimum atomic E-state index is 1.15. The highest BCUT2D eigenvalue weighted by Gasteiger charge is 2.08. The molecule has 114 valence electrons. The van der Waals surface area contributed by atoms with Crippen molar-refractivity contribution >= 4 is 22.1 Å². The average Bonchev–Trinajstić information content (AvgIpc) is 2.71. The Balaban J connectivity index is 2.33. The van der Waals surface area contributed by atoms with Crippen molar-refractivity contribution in [3.8, 4) is 5.69 Å². The van der Waals surface area contributed by atoms with E-state index in [1.54, 1.807) is 0 Å². The summed E-state index contributed by atoms with van der Waals surface area (Å²) in [5.74, 6) is 0. The van der Waals surface area contributed by atoms with Gasteiger partial charge in [0.2, 0.25) is 0 Å². The summed E-state index contributed by atoms with van der Waals surface area (Å²) in [6.45, 7) is 0. The Morgan fingerprint density at radius 2 is 1.00 bits per heavy atom. The van der Waals surface area contributed by atoms with Crippen LogP contribution in [-0.4, -0.2) is 13.9 Å². The molecule has 0 fully saturated rings. The van der Waals surface area contributed by atoms with E-state index >= 15 is 0 Å². The van der Waals surface area contributed by atoms with Gasteiger partial charge in [-0.15, -0.1) is 0 Å². The second-order valence-electron chi connectivity index (χ2n) is 5.71. The minimum absolute atomic E-state index is 1.15. The molecule has 3 aromatic carbocycles. The normalized spacial score (nSPS) is 11.0. The predicted octanol–water partition coefficient (Wildman–Crippen LogP) is 4.59. The largest absolute Gasteiger partial charge is 0.341 e. The van der Waals surface area contributed by atoms with E-state index in [1.165, 1.54) is 22.1 Å². The van der Waals surface area contributed by atoms with E-state index < -0.39 is 0 Å². The molecule has 4 rings (SSSR count). The second kappa shape index (κ2) is 5.36. The summed E-state index contributed by atoms with van der Waals surface area (Å²) in [6.07, 6.45) is 0. The number of hydrogen-bond acceptors (Lipinski definition) is 0. The Kier molecular flexibility index (Phi) is 3.19. The molecule has 3 heteroatoms. The van der Waals surface area contributed by atoms with E-state index in [2.05, 4.69) is 101 Å². The fourth-order valence-corrected chi connectivity index (χ4v) is 3.23. The van der Waals surface area contributed by atoms with E-state index in [1.807, 2.05) is 6.07 Å². The molecule has 1 aromatic heterocycles. The summed E-state index contributed by atoms with van der Waals surface area (Å²) in [5.41, 5.74) is 5.87. The van der Waals surface area contributed by atoms with E-state index in [4.69, 9.17) is 0 Å². The first-order valence-electron chi connectivity index (χ1n) is 7.78. The molecule has 0 bridgehead atoms. The molecule has 0 saturated heterocycles. The molecule has 0 saturated carbocycles. The molecular weight excluding hydrogens is 282 g/mol. The molecule has 3 nitrogen and oxygen atoms in total. The lowest BCUT2D eigenvalue weighted by Crippen LogP contribution is -2.09. The first kappa shape index (κ1) is 13.7. The number of hydrogen-bond donors (Lipinski definition) is 0. The Labute approximate surface area is 135 Å². The van der Waals surface area contributed by atoms with Crippen LogP contribution in [0.15, 0.2) is 78.9 Å². The smallest absolute Gasteiger partial charge is 0.0869 e. The molecule has 1 heterocycles. The molecule has 23 heavy (non-hydrogen) atoms. The van der Waals surface area contributed by atoms with Crippen molar-refractivity contribution in [3.63, 3.8) is 0 Å². The van der Waals surface area contributed by atoms with E-state index in [9.17, 15) is 0 Å². The molecule has 0 unspecified atom stereocenters. The highest BCUT2D eigenvalue weighted by atomic mass is 15.4. The van der Waals surface area contributed by atoms with Gasteiger partial charge in [-0.3, -0.25) is 9.36 Å². The van der Waals surface area contributed by atoms with Crippen molar-refractivity contribution in [1.29, 1.82) is 0 Å². The van der Waals surface area contributed by atoms with Crippen LogP contribution in [0.1, 0.15) is 0 Å². The lowest BCUT2D eigenvalue weighted by Gasteiger charge is -2.14. The van der Waals surface area contributed by atoms with Crippen molar-refractivity contribution in [2.45, 2.75) is 0 Å². The molecule has 0 aliphatic carbocycles. The highest BCUT2D eigenvalue weighted by molar-refractivity contribution is 5.84. The summed E-state index contributed by atoms with van der Waals surface area (Å²) < 4.78 is 6.73. The molecule has 0 atom stereocenters. The van der Waals surface area contributed by atoms with E-state index in [0.29, 0.717) is 0 Å². The van der Waals surface area contributed by atoms with Gasteiger partial charge < -0.3 is 4.57 Å². The van der Waals surface area contributed by atoms with Crippen molar-refractivity contribution in [2.24, 2.45) is 14.1 Å². The zero-order valence-corrected chi connectivity index (χ0v) is 13.3. The van der Waals surface area contributed by atoms with Gasteiger partial charge in [0.25, 0.3) is 0 Å². The highest BCUT2D eigenvalue weighted by Crippen LogP contribution is 2.22. The standard InChI is InChI=1S/C20H19N3/c1-21-17-12-6-8-14-19(17)22(2)23(16-10-4-3-5-11-16)20-15-9-7-13-18(20)21/h3-15H,1-2H3. The number of rotatable bonds is 1. The lowest BCUT2D eigenvalue weighted by molar-refractivity contribution is 0.691. The fourth-order valence-electron chi connectivity index (χ4n) is 3.23. The predicted molar refractivity (Wildman–Crippen MR) is 96.4 cm³/mol. The van der Waals surface area contributed by atoms with Gasteiger partial charge in [0, 0.05) is 14.1 Å². The third-order valence-electron chi connectivity index (χ3n) is 4.36. The SMILES string of the molecule is Cn1c2ccccc2n(C)n(-c2ccccc2)c2ccccc21. The molecular formula is C20H19N3. The van der Waals surface area contributed by atoms with Crippen LogP contribution in [0.4, 0.5) is 0 Å². The summed E-state index contributed by atoms with van der Waals surface area (Å²) in [5, 5.41) is 0. The monoisotopic (exact) mass is 301 g/mol. The lowest BCUT2D eigenvalue weighted by atomic mass is 10.2. The average molecular weight is 301 g/mol. The van der Waals surface area contributed by atoms with Crippen molar-refractivity contribution in [3.05, 3.63) is 78.9 Å². The van der Waals surface area contributed by atoms with Crippen molar-refractivity contribution in [2.75, 3.05) is 0 Å². The third-order valence-corrected chi connectivity index (χ3v) is 4.36. The van der Waals surface area contributed by atoms with E-state index in [0.717, 1.165) is 5.69 Å². The number of para-hydroxylation sites is 5. The van der Waals surface area contributed by atoms with Gasteiger partial charge in [-0.05, 0) is 36.4 Å². The van der Waals surface area contributed by atoms with Crippen LogP contribution in [-0.2, 0) is 14.1 Å². The van der Waals surface area contributed by atoms with Crippen LogP contribution in [0.5, 0.6) is 0 Å². The number of aryl methyl sites for hydroxylation is 2. The maximum Gasteiger partial charge on any atom is 0.0869 e. The molecule has 4 aromatic rings. The summed E-state index contributed by atoms with van der Waals surface area (Å²) in [6, 6.07) is 27.5. The second-order valence-corrected chi connectivity index (χ2v) is 5.71. The van der Waals surface area contributed by atoms with Crippen LogP contribution in [0, 0.1) is 0 Å². The van der Waals surface area contributed by atoms with Gasteiger partial charge in [-0.1, -0.05) is 42.5 Å². The van der Waals surface area contributed by atoms with Gasteiger partial charge in [-0.25, -0.2) is 0 Å². The molecule has 0 aliphatic rings. The molecule has 0 spiro atoms. The summed E-state index contributed by atoms with van der Waals surface area (Å²) in [4.78, 5) is 0. The number of aromatic nitrogens is 3. The van der Waals surface area contributed by atoms with Gasteiger partial charge in [-0.2, -0.15) is 0 Å². The van der Waals surface area contributed by atoms with Crippen LogP contribution in [0.25, 0.3) is 27.8 Å². The summed E-state index contributed by atoms with van der Waals surface area (Å²) in [7, 11) is 4.24. The van der Waals surface area contributed by atoms with Gasteiger partial charge >= 0.3 is 0 Å². The molecule has 0 N–H and O–H groups in total. The Hall–Kier alpha value is -2.94. The number of benzene rings is 3. The van der Waals surface area contributed by atoms with Gasteiger partial charge in [0.05, 0.1) is 27.8 Å². The van der Waals surface area contributed by atoms with E-state index in [-0.39, 0.29) is 0 Å². The Bertz CT molecular complexity index is 1030. The molecule has 0 amide bonds. The fraction of sp³-hybridized carbons (Fsp3) is 0.100. The quantitative estimate of drug-likeness (QED) is 0.488. The zero-order chi connectivity index (χ0) is 15.8. The molecule has 0 radical (unpaired) electrons. The number of fused-ring (bicyclic) bond motifs is 2. The van der Waals surface area contributed by atoms with Crippen LogP contribution < -0.4 is 0 Å². The minimum Gasteiger partial charge on any atom is -0.341 e. The van der Waals surface area contributed by atoms with Gasteiger partial charge in [0.1, 0.15) is 0 Å². The van der Waals surface area contributed by atoms with Crippen LogP contribution in [0.2, 0.25) is 0 Å². The maximum atomic E-state index is 2.26. The van der Waals surface area contributed by atoms with Crippen LogP contribution >= 0.6 is 0 Å². The van der Waals surface area contributed by atoms with Gasteiger partial charge in [0.15, 0.2) is 0 Å². The maximum absolute atomic E-state index is 2.26. The first-order valence-corrected chi connectivity index (χ1v) is 7.78. The molecule has 0 aliphatic heterocycles. The third kappa shape index (κ3) is 2.13. The summed E-state index contributed by atoms with van der Waals surface area (Å²) >= 11 is 0. The zero-order valence-electron chi connectivity index (χ0n) is 13.3. The van der Waals surface area contributed by atoms with Crippen molar-refractivity contribution < 1.29 is 0 Å². The first-order chi connectivity index (χ1) is 11.3. The Morgan fingerprint density at radius 3 is 1.65 bits per heavy atom. The topological polar surface area (TPSA) is 14.8 Å². The van der Waals surface area contributed by atoms with Crippen molar-refractivity contribution in [1.82, 2.24) is 13.9 Å². The van der Waals surface area contributed by atoms with Crippen LogP contribution in [0.3, 0.4) is 0 Å². The Morgan fingerprint density at radius 1 is 0.522 bits per heavy atom. The number of nitrogens with zero attached hydrogens (tertiary/aromatic N) is 3.